The Morgan fingerprint density at radius 3 is 1.37 bits per heavy atom. The van der Waals surface area contributed by atoms with Gasteiger partial charge in [-0.1, -0.05) is 0 Å². The average molecular weight is 432 g/mol. The lowest BCUT2D eigenvalue weighted by molar-refractivity contribution is -0.176. The summed E-state index contributed by atoms with van der Waals surface area (Å²) in [6.07, 6.45) is 0. The molecule has 0 spiro atoms. The Labute approximate surface area is 173 Å². The molecule has 2 fully saturated rings. The van der Waals surface area contributed by atoms with E-state index in [1.807, 2.05) is 0 Å². The number of hydrogen-bond acceptors (Lipinski definition) is 10. The molecule has 2 saturated heterocycles. The molecule has 14 heteroatoms. The van der Waals surface area contributed by atoms with E-state index < -0.39 is 11.9 Å². The summed E-state index contributed by atoms with van der Waals surface area (Å²) in [6.45, 7) is 4.67. The molecule has 170 valence electrons. The Morgan fingerprint density at radius 1 is 0.633 bits per heavy atom. The van der Waals surface area contributed by atoms with Crippen LogP contribution in [-0.2, 0) is 28.7 Å². The van der Waals surface area contributed by atoms with Crippen LogP contribution in [0.3, 0.4) is 0 Å². The van der Waals surface area contributed by atoms with Crippen LogP contribution in [-0.4, -0.2) is 113 Å². The maximum atomic E-state index is 11.8. The maximum Gasteiger partial charge on any atom is 0.437 e. The summed E-state index contributed by atoms with van der Waals surface area (Å²) >= 11 is 0. The number of carbonyl (C=O) groups excluding carboxylic acids is 4. The van der Waals surface area contributed by atoms with Gasteiger partial charge in [-0.2, -0.15) is 11.0 Å². The highest BCUT2D eigenvalue weighted by Gasteiger charge is 2.19. The van der Waals surface area contributed by atoms with Crippen molar-refractivity contribution in [2.45, 2.75) is 0 Å². The lowest BCUT2D eigenvalue weighted by Crippen LogP contribution is -2.47. The van der Waals surface area contributed by atoms with Crippen molar-refractivity contribution in [3.05, 3.63) is 0 Å². The van der Waals surface area contributed by atoms with Gasteiger partial charge in [-0.25, -0.2) is 19.2 Å². The van der Waals surface area contributed by atoms with Crippen molar-refractivity contribution in [1.29, 1.82) is 0 Å². The SMILES string of the molecule is O=C(ONCCNC(=O)N1CCOCC1)C(=O)ONCCNC(=O)N1CCOCC1. The van der Waals surface area contributed by atoms with Gasteiger partial charge in [0.1, 0.15) is 0 Å². The molecule has 0 aliphatic carbocycles. The molecule has 0 aromatic heterocycles. The van der Waals surface area contributed by atoms with Crippen LogP contribution in [0, 0.1) is 0 Å². The second-order valence-electron chi connectivity index (χ2n) is 6.23. The molecule has 0 saturated carbocycles. The summed E-state index contributed by atoms with van der Waals surface area (Å²) in [6, 6.07) is -0.480. The van der Waals surface area contributed by atoms with Gasteiger partial charge >= 0.3 is 24.0 Å². The molecule has 2 heterocycles. The monoisotopic (exact) mass is 432 g/mol. The van der Waals surface area contributed by atoms with E-state index in [4.69, 9.17) is 9.47 Å². The summed E-state index contributed by atoms with van der Waals surface area (Å²) in [5.41, 5.74) is 4.54. The second-order valence-corrected chi connectivity index (χ2v) is 6.23. The number of ether oxygens (including phenoxy) is 2. The van der Waals surface area contributed by atoms with E-state index in [9.17, 15) is 19.2 Å². The van der Waals surface area contributed by atoms with Gasteiger partial charge in [-0.15, -0.1) is 0 Å². The molecular formula is C16H28N6O8. The number of hydrogen-bond donors (Lipinski definition) is 4. The fourth-order valence-corrected chi connectivity index (χ4v) is 2.51. The Hall–Kier alpha value is -2.68. The molecule has 0 bridgehead atoms. The van der Waals surface area contributed by atoms with Crippen molar-refractivity contribution in [1.82, 2.24) is 31.4 Å². The van der Waals surface area contributed by atoms with Crippen LogP contribution < -0.4 is 21.6 Å². The minimum Gasteiger partial charge on any atom is -0.378 e. The standard InChI is InChI=1S/C16H28N6O8/c23-13(29-19-3-1-17-15(25)21-5-9-27-10-6-21)14(24)30-20-4-2-18-16(26)22-7-11-28-12-8-22/h19-20H,1-12H2,(H,17,25)(H,18,26). The van der Waals surface area contributed by atoms with Crippen LogP contribution in [0.2, 0.25) is 0 Å². The molecule has 0 radical (unpaired) electrons. The van der Waals surface area contributed by atoms with Crippen LogP contribution in [0.4, 0.5) is 9.59 Å². The quantitative estimate of drug-likeness (QED) is 0.179. The first kappa shape index (κ1) is 23.6. The van der Waals surface area contributed by atoms with Gasteiger partial charge in [-0.05, 0) is 0 Å². The number of nitrogens with one attached hydrogen (secondary N) is 4. The van der Waals surface area contributed by atoms with Crippen LogP contribution in [0.15, 0.2) is 0 Å². The van der Waals surface area contributed by atoms with Gasteiger partial charge in [0, 0.05) is 52.4 Å². The van der Waals surface area contributed by atoms with Gasteiger partial charge in [0.05, 0.1) is 26.4 Å². The summed E-state index contributed by atoms with van der Waals surface area (Å²) in [7, 11) is 0. The van der Waals surface area contributed by atoms with Gasteiger partial charge in [0.25, 0.3) is 0 Å². The van der Waals surface area contributed by atoms with Gasteiger partial charge in [0.15, 0.2) is 0 Å². The molecule has 0 atom stereocenters. The lowest BCUT2D eigenvalue weighted by atomic mass is 10.4. The minimum atomic E-state index is -1.25. The van der Waals surface area contributed by atoms with Gasteiger partial charge in [-0.3, -0.25) is 0 Å². The predicted octanol–water partition coefficient (Wildman–Crippen LogP) is -2.83. The smallest absolute Gasteiger partial charge is 0.378 e. The first-order valence-corrected chi connectivity index (χ1v) is 9.66. The van der Waals surface area contributed by atoms with Crippen LogP contribution in [0.1, 0.15) is 0 Å². The fourth-order valence-electron chi connectivity index (χ4n) is 2.51. The van der Waals surface area contributed by atoms with E-state index in [2.05, 4.69) is 31.3 Å². The van der Waals surface area contributed by atoms with Gasteiger partial charge in [0.2, 0.25) is 0 Å². The second kappa shape index (κ2) is 13.5. The Bertz CT molecular complexity index is 530. The zero-order chi connectivity index (χ0) is 21.6. The molecule has 30 heavy (non-hydrogen) atoms. The molecule has 4 amide bonds. The number of carbonyl (C=O) groups is 4. The van der Waals surface area contributed by atoms with E-state index in [0.29, 0.717) is 52.6 Å². The summed E-state index contributed by atoms with van der Waals surface area (Å²) in [4.78, 5) is 58.8. The predicted molar refractivity (Wildman–Crippen MR) is 99.8 cm³/mol. The number of hydroxylamine groups is 2. The third-order valence-electron chi connectivity index (χ3n) is 4.10. The first-order valence-electron chi connectivity index (χ1n) is 9.66. The van der Waals surface area contributed by atoms with Crippen molar-refractivity contribution in [3.8, 4) is 0 Å². The number of amides is 4. The van der Waals surface area contributed by atoms with Crippen LogP contribution in [0.25, 0.3) is 0 Å². The van der Waals surface area contributed by atoms with E-state index in [1.165, 1.54) is 0 Å². The highest BCUT2D eigenvalue weighted by atomic mass is 16.7. The normalized spacial score (nSPS) is 16.5. The number of nitrogens with zero attached hydrogens (tertiary/aromatic N) is 2. The molecule has 0 unspecified atom stereocenters. The van der Waals surface area contributed by atoms with Crippen molar-refractivity contribution in [3.63, 3.8) is 0 Å². The van der Waals surface area contributed by atoms with Crippen LogP contribution in [0.5, 0.6) is 0 Å². The topological polar surface area (TPSA) is 160 Å². The molecule has 2 aliphatic heterocycles. The van der Waals surface area contributed by atoms with Crippen LogP contribution >= 0.6 is 0 Å². The molecule has 2 rings (SSSR count). The third-order valence-corrected chi connectivity index (χ3v) is 4.10. The van der Waals surface area contributed by atoms with E-state index >= 15 is 0 Å². The molecule has 2 aliphatic rings. The molecule has 4 N–H and O–H groups in total. The highest BCUT2D eigenvalue weighted by molar-refractivity contribution is 6.29. The average Bonchev–Trinajstić information content (AvgIpc) is 2.79. The summed E-state index contributed by atoms with van der Waals surface area (Å²) in [5, 5.41) is 5.28. The number of rotatable bonds is 8. The maximum absolute atomic E-state index is 11.8. The van der Waals surface area contributed by atoms with Crippen molar-refractivity contribution >= 4 is 24.0 Å². The van der Waals surface area contributed by atoms with E-state index in [0.717, 1.165) is 0 Å². The first-order chi connectivity index (χ1) is 14.6. The van der Waals surface area contributed by atoms with E-state index in [1.54, 1.807) is 9.80 Å². The number of urea groups is 2. The zero-order valence-corrected chi connectivity index (χ0v) is 16.6. The summed E-state index contributed by atoms with van der Waals surface area (Å²) < 4.78 is 10.3. The van der Waals surface area contributed by atoms with Crippen molar-refractivity contribution < 1.29 is 38.3 Å². The third kappa shape index (κ3) is 8.77. The van der Waals surface area contributed by atoms with Crippen molar-refractivity contribution in [2.24, 2.45) is 0 Å². The molecule has 0 aromatic rings. The summed E-state index contributed by atoms with van der Waals surface area (Å²) in [5.74, 6) is -2.50. The van der Waals surface area contributed by atoms with Crippen molar-refractivity contribution in [2.75, 3.05) is 78.8 Å². The molecule has 0 aromatic carbocycles. The number of morpholine rings is 2. The lowest BCUT2D eigenvalue weighted by Gasteiger charge is -2.26. The fraction of sp³-hybridized carbons (Fsp3) is 0.750. The largest absolute Gasteiger partial charge is 0.437 e. The minimum absolute atomic E-state index is 0.107. The highest BCUT2D eigenvalue weighted by Crippen LogP contribution is 1.97. The Kier molecular flexibility index (Phi) is 10.6. The Balaban J connectivity index is 1.44. The molecule has 14 nitrogen and oxygen atoms in total. The zero-order valence-electron chi connectivity index (χ0n) is 16.6. The van der Waals surface area contributed by atoms with E-state index in [-0.39, 0.29) is 38.2 Å². The van der Waals surface area contributed by atoms with Gasteiger partial charge < -0.3 is 39.6 Å². The Morgan fingerprint density at radius 2 is 1.00 bits per heavy atom. The molecular weight excluding hydrogens is 404 g/mol.